The summed E-state index contributed by atoms with van der Waals surface area (Å²) < 4.78 is 37.3. The molecule has 0 spiro atoms. The summed E-state index contributed by atoms with van der Waals surface area (Å²) in [6, 6.07) is 12.0. The van der Waals surface area contributed by atoms with Gasteiger partial charge in [-0.15, -0.1) is 0 Å². The molecule has 0 bridgehead atoms. The zero-order valence-corrected chi connectivity index (χ0v) is 19.1. The standard InChI is InChI=1S/C23H30N2O5S/c1-17(20-11-12-21(29-2)22(15-20)30-3)24-23(26)19-9-7-18(8-10-19)16-31(27,28)25-13-5-4-6-14-25/h7-12,15,17H,4-6,13-14,16H2,1-3H3,(H,24,26)/t17-/m1/s1. The molecule has 2 aromatic rings. The number of nitrogens with one attached hydrogen (secondary N) is 1. The number of ether oxygens (including phenoxy) is 2. The van der Waals surface area contributed by atoms with Crippen LogP contribution in [0.5, 0.6) is 11.5 Å². The van der Waals surface area contributed by atoms with Gasteiger partial charge < -0.3 is 14.8 Å². The quantitative estimate of drug-likeness (QED) is 0.671. The Morgan fingerprint density at radius 2 is 1.65 bits per heavy atom. The summed E-state index contributed by atoms with van der Waals surface area (Å²) in [5.74, 6) is 0.949. The SMILES string of the molecule is COc1ccc([C@@H](C)NC(=O)c2ccc(CS(=O)(=O)N3CCCCC3)cc2)cc1OC. The van der Waals surface area contributed by atoms with E-state index in [1.807, 2.05) is 19.1 Å². The maximum Gasteiger partial charge on any atom is 0.251 e. The van der Waals surface area contributed by atoms with Gasteiger partial charge in [0.2, 0.25) is 10.0 Å². The van der Waals surface area contributed by atoms with Gasteiger partial charge in [0.15, 0.2) is 11.5 Å². The molecule has 1 fully saturated rings. The largest absolute Gasteiger partial charge is 0.493 e. The molecule has 1 heterocycles. The third kappa shape index (κ3) is 5.77. The zero-order valence-electron chi connectivity index (χ0n) is 18.3. The second-order valence-electron chi connectivity index (χ2n) is 7.72. The highest BCUT2D eigenvalue weighted by atomic mass is 32.2. The van der Waals surface area contributed by atoms with Gasteiger partial charge in [-0.3, -0.25) is 4.79 Å². The van der Waals surface area contributed by atoms with E-state index in [-0.39, 0.29) is 17.7 Å². The number of sulfonamides is 1. The first kappa shape index (κ1) is 23.1. The second kappa shape index (κ2) is 10.2. The van der Waals surface area contributed by atoms with Crippen molar-refractivity contribution >= 4 is 15.9 Å². The third-order valence-electron chi connectivity index (χ3n) is 5.53. The van der Waals surface area contributed by atoms with Gasteiger partial charge in [0.05, 0.1) is 26.0 Å². The fraction of sp³-hybridized carbons (Fsp3) is 0.435. The summed E-state index contributed by atoms with van der Waals surface area (Å²) in [5.41, 5.74) is 2.04. The second-order valence-corrected chi connectivity index (χ2v) is 9.69. The van der Waals surface area contributed by atoms with Crippen molar-refractivity contribution in [3.63, 3.8) is 0 Å². The van der Waals surface area contributed by atoms with Crippen molar-refractivity contribution in [2.24, 2.45) is 0 Å². The Bertz CT molecular complexity index is 999. The number of piperidine rings is 1. The molecule has 31 heavy (non-hydrogen) atoms. The summed E-state index contributed by atoms with van der Waals surface area (Å²) >= 11 is 0. The summed E-state index contributed by atoms with van der Waals surface area (Å²) in [5, 5.41) is 2.96. The minimum absolute atomic E-state index is 0.0447. The van der Waals surface area contributed by atoms with Crippen molar-refractivity contribution in [1.29, 1.82) is 0 Å². The van der Waals surface area contributed by atoms with Crippen molar-refractivity contribution in [2.45, 2.75) is 38.0 Å². The average Bonchev–Trinajstić information content (AvgIpc) is 2.79. The van der Waals surface area contributed by atoms with E-state index in [0.717, 1.165) is 24.8 Å². The van der Waals surface area contributed by atoms with Gasteiger partial charge in [0.25, 0.3) is 5.91 Å². The van der Waals surface area contributed by atoms with E-state index in [2.05, 4.69) is 5.32 Å². The number of amides is 1. The molecule has 1 aliphatic rings. The summed E-state index contributed by atoms with van der Waals surface area (Å²) in [6.07, 6.45) is 2.91. The maximum atomic E-state index is 12.7. The van der Waals surface area contributed by atoms with Crippen LogP contribution < -0.4 is 14.8 Å². The van der Waals surface area contributed by atoms with Crippen LogP contribution >= 0.6 is 0 Å². The van der Waals surface area contributed by atoms with Crippen LogP contribution in [-0.2, 0) is 15.8 Å². The lowest BCUT2D eigenvalue weighted by atomic mass is 10.1. The van der Waals surface area contributed by atoms with Crippen molar-refractivity contribution < 1.29 is 22.7 Å². The van der Waals surface area contributed by atoms with Gasteiger partial charge in [0.1, 0.15) is 0 Å². The molecule has 1 atom stereocenters. The van der Waals surface area contributed by atoms with Crippen LogP contribution in [0.15, 0.2) is 42.5 Å². The van der Waals surface area contributed by atoms with Crippen molar-refractivity contribution in [2.75, 3.05) is 27.3 Å². The lowest BCUT2D eigenvalue weighted by Crippen LogP contribution is -2.36. The minimum Gasteiger partial charge on any atom is -0.493 e. The Morgan fingerprint density at radius 3 is 2.26 bits per heavy atom. The summed E-state index contributed by atoms with van der Waals surface area (Å²) in [4.78, 5) is 12.7. The van der Waals surface area contributed by atoms with Crippen molar-refractivity contribution in [3.05, 3.63) is 59.2 Å². The van der Waals surface area contributed by atoms with Crippen LogP contribution in [0, 0.1) is 0 Å². The number of hydrogen-bond donors (Lipinski definition) is 1. The van der Waals surface area contributed by atoms with E-state index in [9.17, 15) is 13.2 Å². The molecule has 0 radical (unpaired) electrons. The molecular formula is C23H30N2O5S. The monoisotopic (exact) mass is 446 g/mol. The van der Waals surface area contributed by atoms with Gasteiger partial charge in [-0.1, -0.05) is 24.6 Å². The molecular weight excluding hydrogens is 416 g/mol. The number of carbonyl (C=O) groups excluding carboxylic acids is 1. The summed E-state index contributed by atoms with van der Waals surface area (Å²) in [7, 11) is -0.185. The van der Waals surface area contributed by atoms with E-state index in [0.29, 0.717) is 35.7 Å². The molecule has 8 heteroatoms. The Balaban J connectivity index is 1.63. The fourth-order valence-electron chi connectivity index (χ4n) is 3.68. The van der Waals surface area contributed by atoms with Gasteiger partial charge in [0, 0.05) is 18.7 Å². The molecule has 1 saturated heterocycles. The van der Waals surface area contributed by atoms with Gasteiger partial charge in [-0.2, -0.15) is 0 Å². The van der Waals surface area contributed by atoms with Crippen LogP contribution in [0.2, 0.25) is 0 Å². The lowest BCUT2D eigenvalue weighted by Gasteiger charge is -2.25. The normalized spacial score (nSPS) is 15.8. The first-order valence-electron chi connectivity index (χ1n) is 10.4. The van der Waals surface area contributed by atoms with Gasteiger partial charge >= 0.3 is 0 Å². The van der Waals surface area contributed by atoms with E-state index >= 15 is 0 Å². The number of benzene rings is 2. The van der Waals surface area contributed by atoms with E-state index in [1.54, 1.807) is 48.9 Å². The highest BCUT2D eigenvalue weighted by Gasteiger charge is 2.24. The van der Waals surface area contributed by atoms with Crippen LogP contribution in [0.1, 0.15) is 53.7 Å². The Morgan fingerprint density at radius 1 is 1.00 bits per heavy atom. The first-order valence-corrected chi connectivity index (χ1v) is 12.0. The predicted molar refractivity (Wildman–Crippen MR) is 120 cm³/mol. The molecule has 0 aliphatic carbocycles. The van der Waals surface area contributed by atoms with Crippen molar-refractivity contribution in [3.8, 4) is 11.5 Å². The summed E-state index contributed by atoms with van der Waals surface area (Å²) in [6.45, 7) is 3.08. The van der Waals surface area contributed by atoms with E-state index in [4.69, 9.17) is 9.47 Å². The fourth-order valence-corrected chi connectivity index (χ4v) is 5.29. The Kier molecular flexibility index (Phi) is 7.56. The van der Waals surface area contributed by atoms with Gasteiger partial charge in [-0.25, -0.2) is 12.7 Å². The van der Waals surface area contributed by atoms with Crippen LogP contribution in [-0.4, -0.2) is 45.9 Å². The van der Waals surface area contributed by atoms with Gasteiger partial charge in [-0.05, 0) is 55.2 Å². The number of carbonyl (C=O) groups is 1. The molecule has 2 aromatic carbocycles. The molecule has 168 valence electrons. The first-order chi connectivity index (χ1) is 14.8. The number of rotatable bonds is 8. The zero-order chi connectivity index (χ0) is 22.4. The highest BCUT2D eigenvalue weighted by Crippen LogP contribution is 2.30. The van der Waals surface area contributed by atoms with E-state index < -0.39 is 10.0 Å². The molecule has 0 saturated carbocycles. The smallest absolute Gasteiger partial charge is 0.251 e. The topological polar surface area (TPSA) is 84.9 Å². The Labute approximate surface area is 184 Å². The molecule has 3 rings (SSSR count). The van der Waals surface area contributed by atoms with Crippen LogP contribution in [0.4, 0.5) is 0 Å². The molecule has 1 N–H and O–H groups in total. The number of methoxy groups -OCH3 is 2. The van der Waals surface area contributed by atoms with E-state index in [1.165, 1.54) is 0 Å². The third-order valence-corrected chi connectivity index (χ3v) is 7.38. The molecule has 1 aliphatic heterocycles. The molecule has 0 unspecified atom stereocenters. The Hall–Kier alpha value is -2.58. The molecule has 7 nitrogen and oxygen atoms in total. The lowest BCUT2D eigenvalue weighted by molar-refractivity contribution is 0.0940. The maximum absolute atomic E-state index is 12.7. The number of nitrogens with zero attached hydrogens (tertiary/aromatic N) is 1. The number of hydrogen-bond acceptors (Lipinski definition) is 5. The average molecular weight is 447 g/mol. The van der Waals surface area contributed by atoms with Crippen LogP contribution in [0.25, 0.3) is 0 Å². The minimum atomic E-state index is -3.33. The highest BCUT2D eigenvalue weighted by molar-refractivity contribution is 7.88. The molecule has 0 aromatic heterocycles. The predicted octanol–water partition coefficient (Wildman–Crippen LogP) is 3.51. The van der Waals surface area contributed by atoms with Crippen LogP contribution in [0.3, 0.4) is 0 Å². The molecule has 1 amide bonds. The van der Waals surface area contributed by atoms with Crippen molar-refractivity contribution in [1.82, 2.24) is 9.62 Å².